The molecule has 0 atom stereocenters. The standard InChI is InChI=1S/C15H12BrClO/c1-10-4-2-3-5-13(10)15(18)8-11-6-7-12(16)9-14(11)17/h2-7,9H,8H2,1H3. The van der Waals surface area contributed by atoms with E-state index >= 15 is 0 Å². The van der Waals surface area contributed by atoms with E-state index in [1.54, 1.807) is 0 Å². The van der Waals surface area contributed by atoms with Gasteiger partial charge in [-0.15, -0.1) is 0 Å². The van der Waals surface area contributed by atoms with Crippen LogP contribution in [0.15, 0.2) is 46.9 Å². The molecule has 0 N–H and O–H groups in total. The maximum absolute atomic E-state index is 12.2. The zero-order valence-electron chi connectivity index (χ0n) is 9.91. The number of carbonyl (C=O) groups excluding carboxylic acids is 1. The Morgan fingerprint density at radius 3 is 2.61 bits per heavy atom. The summed E-state index contributed by atoms with van der Waals surface area (Å²) in [4.78, 5) is 12.2. The smallest absolute Gasteiger partial charge is 0.167 e. The first-order valence-corrected chi connectivity index (χ1v) is 6.78. The highest BCUT2D eigenvalue weighted by atomic mass is 79.9. The average Bonchev–Trinajstić information content (AvgIpc) is 2.33. The van der Waals surface area contributed by atoms with Crippen LogP contribution in [0.2, 0.25) is 5.02 Å². The van der Waals surface area contributed by atoms with E-state index in [0.29, 0.717) is 11.4 Å². The molecule has 0 heterocycles. The number of benzene rings is 2. The van der Waals surface area contributed by atoms with Crippen molar-refractivity contribution in [2.24, 2.45) is 0 Å². The van der Waals surface area contributed by atoms with Crippen LogP contribution in [-0.2, 0) is 6.42 Å². The number of Topliss-reactive ketones (excluding diaryl/α,β-unsaturated/α-hetero) is 1. The molecular formula is C15H12BrClO. The SMILES string of the molecule is Cc1ccccc1C(=O)Cc1ccc(Br)cc1Cl. The van der Waals surface area contributed by atoms with E-state index in [1.165, 1.54) is 0 Å². The molecule has 2 aromatic rings. The van der Waals surface area contributed by atoms with Gasteiger partial charge in [-0.05, 0) is 30.2 Å². The van der Waals surface area contributed by atoms with Crippen molar-refractivity contribution in [3.05, 3.63) is 68.7 Å². The molecule has 2 aromatic carbocycles. The number of halogens is 2. The van der Waals surface area contributed by atoms with Gasteiger partial charge >= 0.3 is 0 Å². The molecule has 0 aliphatic carbocycles. The Labute approximate surface area is 120 Å². The van der Waals surface area contributed by atoms with Gasteiger partial charge in [-0.25, -0.2) is 0 Å². The Morgan fingerprint density at radius 2 is 1.94 bits per heavy atom. The maximum atomic E-state index is 12.2. The molecule has 92 valence electrons. The molecule has 0 bridgehead atoms. The summed E-state index contributed by atoms with van der Waals surface area (Å²) in [7, 11) is 0. The molecule has 1 nitrogen and oxygen atoms in total. The molecule has 0 aliphatic rings. The van der Waals surface area contributed by atoms with Gasteiger partial charge in [0, 0.05) is 21.5 Å². The predicted octanol–water partition coefficient (Wildman–Crippen LogP) is 4.84. The summed E-state index contributed by atoms with van der Waals surface area (Å²) in [5, 5.41) is 0.617. The number of hydrogen-bond donors (Lipinski definition) is 0. The van der Waals surface area contributed by atoms with Crippen molar-refractivity contribution in [2.75, 3.05) is 0 Å². The fourth-order valence-electron chi connectivity index (χ4n) is 1.82. The lowest BCUT2D eigenvalue weighted by atomic mass is 9.99. The van der Waals surface area contributed by atoms with Gasteiger partial charge < -0.3 is 0 Å². The van der Waals surface area contributed by atoms with Crippen LogP contribution in [-0.4, -0.2) is 5.78 Å². The van der Waals surface area contributed by atoms with E-state index in [1.807, 2.05) is 49.4 Å². The average molecular weight is 324 g/mol. The third-order valence-corrected chi connectivity index (χ3v) is 3.66. The Kier molecular flexibility index (Phi) is 4.20. The first kappa shape index (κ1) is 13.3. The largest absolute Gasteiger partial charge is 0.294 e. The summed E-state index contributed by atoms with van der Waals surface area (Å²) in [6, 6.07) is 13.2. The summed E-state index contributed by atoms with van der Waals surface area (Å²) < 4.78 is 0.916. The molecule has 0 spiro atoms. The Morgan fingerprint density at radius 1 is 1.22 bits per heavy atom. The summed E-state index contributed by atoms with van der Waals surface area (Å²) in [5.74, 6) is 0.0947. The van der Waals surface area contributed by atoms with Crippen LogP contribution in [0, 0.1) is 6.92 Å². The molecule has 0 amide bonds. The molecular weight excluding hydrogens is 312 g/mol. The highest BCUT2D eigenvalue weighted by Gasteiger charge is 2.11. The van der Waals surface area contributed by atoms with Crippen molar-refractivity contribution in [2.45, 2.75) is 13.3 Å². The lowest BCUT2D eigenvalue weighted by Crippen LogP contribution is -2.05. The lowest BCUT2D eigenvalue weighted by molar-refractivity contribution is 0.0992. The molecule has 0 aromatic heterocycles. The molecule has 0 unspecified atom stereocenters. The number of ketones is 1. The van der Waals surface area contributed by atoms with E-state index in [2.05, 4.69) is 15.9 Å². The second kappa shape index (κ2) is 5.68. The van der Waals surface area contributed by atoms with E-state index in [4.69, 9.17) is 11.6 Å². The van der Waals surface area contributed by atoms with Crippen molar-refractivity contribution in [3.8, 4) is 0 Å². The molecule has 0 aliphatic heterocycles. The Bertz CT molecular complexity index is 593. The topological polar surface area (TPSA) is 17.1 Å². The van der Waals surface area contributed by atoms with Crippen molar-refractivity contribution >= 4 is 33.3 Å². The van der Waals surface area contributed by atoms with Gasteiger partial charge in [-0.1, -0.05) is 57.9 Å². The number of aryl methyl sites for hydroxylation is 1. The first-order chi connectivity index (χ1) is 8.58. The minimum atomic E-state index is 0.0947. The molecule has 3 heteroatoms. The normalized spacial score (nSPS) is 10.4. The van der Waals surface area contributed by atoms with Crippen molar-refractivity contribution < 1.29 is 4.79 Å². The zero-order valence-corrected chi connectivity index (χ0v) is 12.3. The van der Waals surface area contributed by atoms with Crippen LogP contribution in [0.3, 0.4) is 0 Å². The molecule has 2 rings (SSSR count). The highest BCUT2D eigenvalue weighted by molar-refractivity contribution is 9.10. The first-order valence-electron chi connectivity index (χ1n) is 5.60. The summed E-state index contributed by atoms with van der Waals surface area (Å²) >= 11 is 9.47. The predicted molar refractivity (Wildman–Crippen MR) is 78.4 cm³/mol. The third-order valence-electron chi connectivity index (χ3n) is 2.81. The maximum Gasteiger partial charge on any atom is 0.167 e. The zero-order chi connectivity index (χ0) is 13.1. The fourth-order valence-corrected chi connectivity index (χ4v) is 2.56. The van der Waals surface area contributed by atoms with Crippen molar-refractivity contribution in [1.82, 2.24) is 0 Å². The van der Waals surface area contributed by atoms with Gasteiger partial charge in [-0.2, -0.15) is 0 Å². The lowest BCUT2D eigenvalue weighted by Gasteiger charge is -2.06. The van der Waals surface area contributed by atoms with Crippen LogP contribution in [0.4, 0.5) is 0 Å². The Hall–Kier alpha value is -1.12. The van der Waals surface area contributed by atoms with E-state index in [0.717, 1.165) is 21.2 Å². The molecule has 0 radical (unpaired) electrons. The van der Waals surface area contributed by atoms with Crippen molar-refractivity contribution in [3.63, 3.8) is 0 Å². The third kappa shape index (κ3) is 3.01. The molecule has 0 fully saturated rings. The van der Waals surface area contributed by atoms with Gasteiger partial charge in [-0.3, -0.25) is 4.79 Å². The van der Waals surface area contributed by atoms with E-state index < -0.39 is 0 Å². The molecule has 0 saturated heterocycles. The van der Waals surface area contributed by atoms with E-state index in [-0.39, 0.29) is 5.78 Å². The fraction of sp³-hybridized carbons (Fsp3) is 0.133. The van der Waals surface area contributed by atoms with Crippen LogP contribution in [0.1, 0.15) is 21.5 Å². The highest BCUT2D eigenvalue weighted by Crippen LogP contribution is 2.23. The van der Waals surface area contributed by atoms with Gasteiger partial charge in [0.1, 0.15) is 0 Å². The van der Waals surface area contributed by atoms with Gasteiger partial charge in [0.15, 0.2) is 5.78 Å². The quantitative estimate of drug-likeness (QED) is 0.739. The number of carbonyl (C=O) groups is 1. The monoisotopic (exact) mass is 322 g/mol. The summed E-state index contributed by atoms with van der Waals surface area (Å²) in [6.45, 7) is 1.94. The molecule has 0 saturated carbocycles. The minimum absolute atomic E-state index is 0.0947. The van der Waals surface area contributed by atoms with Crippen LogP contribution in [0.5, 0.6) is 0 Å². The second-order valence-electron chi connectivity index (χ2n) is 4.15. The van der Waals surface area contributed by atoms with E-state index in [9.17, 15) is 4.79 Å². The summed E-state index contributed by atoms with van der Waals surface area (Å²) in [6.07, 6.45) is 0.330. The number of hydrogen-bond acceptors (Lipinski definition) is 1. The van der Waals surface area contributed by atoms with Gasteiger partial charge in [0.05, 0.1) is 0 Å². The van der Waals surface area contributed by atoms with Crippen LogP contribution < -0.4 is 0 Å². The second-order valence-corrected chi connectivity index (χ2v) is 5.47. The Balaban J connectivity index is 2.24. The van der Waals surface area contributed by atoms with Gasteiger partial charge in [0.2, 0.25) is 0 Å². The summed E-state index contributed by atoms with van der Waals surface area (Å²) in [5.41, 5.74) is 2.61. The molecule has 18 heavy (non-hydrogen) atoms. The van der Waals surface area contributed by atoms with Crippen LogP contribution >= 0.6 is 27.5 Å². The minimum Gasteiger partial charge on any atom is -0.294 e. The van der Waals surface area contributed by atoms with Gasteiger partial charge in [0.25, 0.3) is 0 Å². The van der Waals surface area contributed by atoms with Crippen molar-refractivity contribution in [1.29, 1.82) is 0 Å². The van der Waals surface area contributed by atoms with Crippen LogP contribution in [0.25, 0.3) is 0 Å². The number of rotatable bonds is 3.